The second-order valence-corrected chi connectivity index (χ2v) is 6.20. The Morgan fingerprint density at radius 3 is 2.46 bits per heavy atom. The molecule has 5 aromatic rings. The summed E-state index contributed by atoms with van der Waals surface area (Å²) in [6.45, 7) is 0. The Labute approximate surface area is 143 Å². The minimum Gasteiger partial charge on any atom is -0.435 e. The fourth-order valence-corrected chi connectivity index (χ4v) is 3.46. The lowest BCUT2D eigenvalue weighted by molar-refractivity contribution is 0.623. The Hall–Kier alpha value is -2.84. The van der Waals surface area contributed by atoms with E-state index in [1.54, 1.807) is 0 Å². The summed E-state index contributed by atoms with van der Waals surface area (Å²) in [5.74, 6) is 0.636. The van der Waals surface area contributed by atoms with Crippen molar-refractivity contribution < 1.29 is 4.42 Å². The van der Waals surface area contributed by atoms with Gasteiger partial charge in [0.1, 0.15) is 5.52 Å². The first-order chi connectivity index (χ1) is 11.8. The van der Waals surface area contributed by atoms with Crippen LogP contribution in [-0.4, -0.2) is 4.98 Å². The second kappa shape index (κ2) is 5.08. The summed E-state index contributed by atoms with van der Waals surface area (Å²) in [5.41, 5.74) is 2.63. The number of nitrogens with zero attached hydrogens (tertiary/aromatic N) is 1. The zero-order chi connectivity index (χ0) is 16.1. The highest BCUT2D eigenvalue weighted by molar-refractivity contribution is 6.37. The average molecular weight is 330 g/mol. The maximum Gasteiger partial charge on any atom is 0.227 e. The summed E-state index contributed by atoms with van der Waals surface area (Å²) in [5, 5.41) is 5.03. The molecule has 5 rings (SSSR count). The zero-order valence-electron chi connectivity index (χ0n) is 12.7. The number of hydrogen-bond donors (Lipinski definition) is 0. The van der Waals surface area contributed by atoms with Gasteiger partial charge in [0.15, 0.2) is 5.58 Å². The van der Waals surface area contributed by atoms with Crippen LogP contribution in [0.25, 0.3) is 44.1 Å². The predicted octanol–water partition coefficient (Wildman–Crippen LogP) is 6.45. The van der Waals surface area contributed by atoms with Crippen molar-refractivity contribution in [2.24, 2.45) is 0 Å². The molecule has 0 aliphatic carbocycles. The van der Waals surface area contributed by atoms with Gasteiger partial charge in [0.2, 0.25) is 5.89 Å². The summed E-state index contributed by atoms with van der Waals surface area (Å²) in [7, 11) is 0. The normalized spacial score (nSPS) is 11.5. The minimum atomic E-state index is 0.636. The number of halogens is 1. The molecule has 0 atom stereocenters. The Bertz CT molecular complexity index is 1210. The average Bonchev–Trinajstić information content (AvgIpc) is 3.07. The molecule has 0 aliphatic heterocycles. The van der Waals surface area contributed by atoms with Crippen LogP contribution in [0.4, 0.5) is 0 Å². The van der Waals surface area contributed by atoms with Crippen molar-refractivity contribution in [3.8, 4) is 11.5 Å². The Balaban J connectivity index is 1.92. The highest BCUT2D eigenvalue weighted by Crippen LogP contribution is 2.36. The van der Waals surface area contributed by atoms with Crippen LogP contribution in [0.5, 0.6) is 0 Å². The van der Waals surface area contributed by atoms with E-state index in [4.69, 9.17) is 16.0 Å². The maximum atomic E-state index is 6.36. The van der Waals surface area contributed by atoms with E-state index in [9.17, 15) is 0 Å². The molecule has 3 heteroatoms. The van der Waals surface area contributed by atoms with Crippen LogP contribution in [0.15, 0.2) is 77.2 Å². The lowest BCUT2D eigenvalue weighted by Gasteiger charge is -2.05. The van der Waals surface area contributed by atoms with Gasteiger partial charge in [0.25, 0.3) is 0 Å². The molecule has 24 heavy (non-hydrogen) atoms. The van der Waals surface area contributed by atoms with Gasteiger partial charge in [-0.15, -0.1) is 0 Å². The van der Waals surface area contributed by atoms with Crippen LogP contribution in [-0.2, 0) is 0 Å². The van der Waals surface area contributed by atoms with E-state index in [0.29, 0.717) is 5.89 Å². The van der Waals surface area contributed by atoms with Crippen molar-refractivity contribution in [1.29, 1.82) is 0 Å². The predicted molar refractivity (Wildman–Crippen MR) is 99.5 cm³/mol. The largest absolute Gasteiger partial charge is 0.435 e. The van der Waals surface area contributed by atoms with E-state index >= 15 is 0 Å². The van der Waals surface area contributed by atoms with E-state index < -0.39 is 0 Å². The molecule has 0 saturated carbocycles. The smallest absolute Gasteiger partial charge is 0.227 e. The summed E-state index contributed by atoms with van der Waals surface area (Å²) in [6, 6.07) is 24.1. The van der Waals surface area contributed by atoms with E-state index in [-0.39, 0.29) is 0 Å². The van der Waals surface area contributed by atoms with Gasteiger partial charge in [-0.25, -0.2) is 4.98 Å². The van der Waals surface area contributed by atoms with Gasteiger partial charge >= 0.3 is 0 Å². The van der Waals surface area contributed by atoms with E-state index in [1.807, 2.05) is 48.5 Å². The van der Waals surface area contributed by atoms with Crippen molar-refractivity contribution in [1.82, 2.24) is 4.98 Å². The van der Waals surface area contributed by atoms with Crippen LogP contribution < -0.4 is 0 Å². The lowest BCUT2D eigenvalue weighted by atomic mass is 10.0. The molecule has 0 bridgehead atoms. The van der Waals surface area contributed by atoms with Crippen molar-refractivity contribution in [2.75, 3.05) is 0 Å². The molecule has 114 valence electrons. The van der Waals surface area contributed by atoms with Crippen molar-refractivity contribution in [2.45, 2.75) is 0 Å². The highest BCUT2D eigenvalue weighted by Gasteiger charge is 2.13. The Kier molecular flexibility index (Phi) is 2.88. The fourth-order valence-electron chi connectivity index (χ4n) is 3.23. The summed E-state index contributed by atoms with van der Waals surface area (Å²) in [4.78, 5) is 4.66. The summed E-state index contributed by atoms with van der Waals surface area (Å²) < 4.78 is 6.16. The van der Waals surface area contributed by atoms with E-state index in [0.717, 1.165) is 43.2 Å². The van der Waals surface area contributed by atoms with Gasteiger partial charge < -0.3 is 4.42 Å². The molecule has 1 heterocycles. The van der Waals surface area contributed by atoms with Gasteiger partial charge in [0.05, 0.1) is 0 Å². The molecule has 0 radical (unpaired) electrons. The lowest BCUT2D eigenvalue weighted by Crippen LogP contribution is -1.80. The van der Waals surface area contributed by atoms with Crippen LogP contribution >= 0.6 is 11.6 Å². The van der Waals surface area contributed by atoms with Crippen LogP contribution in [0.1, 0.15) is 0 Å². The quantitative estimate of drug-likeness (QED) is 0.330. The summed E-state index contributed by atoms with van der Waals surface area (Å²) >= 11 is 6.36. The Morgan fingerprint density at radius 1 is 0.750 bits per heavy atom. The number of hydrogen-bond acceptors (Lipinski definition) is 2. The standard InChI is InChI=1S/C21H12ClNO/c22-17-8-4-7-16-15(17)11-9-13-10-12-18-20(19(13)16)24-21(23-18)14-5-2-1-3-6-14/h1-12H. The summed E-state index contributed by atoms with van der Waals surface area (Å²) in [6.07, 6.45) is 0. The van der Waals surface area contributed by atoms with Crippen molar-refractivity contribution >= 4 is 44.2 Å². The number of oxazole rings is 1. The number of benzene rings is 4. The molecule has 0 spiro atoms. The molecule has 1 aromatic heterocycles. The molecule has 4 aromatic carbocycles. The van der Waals surface area contributed by atoms with Crippen molar-refractivity contribution in [3.63, 3.8) is 0 Å². The number of rotatable bonds is 1. The number of aromatic nitrogens is 1. The fraction of sp³-hybridized carbons (Fsp3) is 0. The zero-order valence-corrected chi connectivity index (χ0v) is 13.4. The number of fused-ring (bicyclic) bond motifs is 5. The third-order valence-corrected chi connectivity index (χ3v) is 4.69. The third-order valence-electron chi connectivity index (χ3n) is 4.36. The van der Waals surface area contributed by atoms with Gasteiger partial charge in [0, 0.05) is 21.4 Å². The molecular weight excluding hydrogens is 318 g/mol. The van der Waals surface area contributed by atoms with Crippen LogP contribution in [0.2, 0.25) is 5.02 Å². The van der Waals surface area contributed by atoms with Gasteiger partial charge in [-0.2, -0.15) is 0 Å². The molecule has 0 fully saturated rings. The van der Waals surface area contributed by atoms with Gasteiger partial charge in [-0.3, -0.25) is 0 Å². The molecular formula is C21H12ClNO. The molecule has 0 N–H and O–H groups in total. The first kappa shape index (κ1) is 13.6. The molecule has 2 nitrogen and oxygen atoms in total. The molecule has 0 saturated heterocycles. The first-order valence-electron chi connectivity index (χ1n) is 7.77. The molecule has 0 aliphatic rings. The van der Waals surface area contributed by atoms with E-state index in [1.165, 1.54) is 0 Å². The second-order valence-electron chi connectivity index (χ2n) is 5.80. The molecule has 0 amide bonds. The minimum absolute atomic E-state index is 0.636. The molecule has 0 unspecified atom stereocenters. The maximum absolute atomic E-state index is 6.36. The third kappa shape index (κ3) is 1.93. The van der Waals surface area contributed by atoms with Gasteiger partial charge in [-0.1, -0.05) is 60.1 Å². The van der Waals surface area contributed by atoms with Crippen molar-refractivity contribution in [3.05, 3.63) is 77.8 Å². The Morgan fingerprint density at radius 2 is 1.58 bits per heavy atom. The van der Waals surface area contributed by atoms with Crippen LogP contribution in [0, 0.1) is 0 Å². The van der Waals surface area contributed by atoms with Gasteiger partial charge in [-0.05, 0) is 35.0 Å². The topological polar surface area (TPSA) is 26.0 Å². The monoisotopic (exact) mass is 329 g/mol. The van der Waals surface area contributed by atoms with Crippen LogP contribution in [0.3, 0.4) is 0 Å². The van der Waals surface area contributed by atoms with E-state index in [2.05, 4.69) is 29.2 Å². The first-order valence-corrected chi connectivity index (χ1v) is 8.15. The SMILES string of the molecule is Clc1cccc2c1ccc1ccc3nc(-c4ccccc4)oc3c12. The highest BCUT2D eigenvalue weighted by atomic mass is 35.5.